The number of aromatic nitrogens is 3. The topological polar surface area (TPSA) is 71.8 Å². The number of carbonyl (C=O) groups excluding carboxylic acids is 1. The van der Waals surface area contributed by atoms with Gasteiger partial charge in [0.15, 0.2) is 5.65 Å². The van der Waals surface area contributed by atoms with Crippen molar-refractivity contribution in [3.8, 4) is 10.6 Å². The Balaban J connectivity index is 0.00000150. The summed E-state index contributed by atoms with van der Waals surface area (Å²) < 4.78 is 1.89. The highest BCUT2D eigenvalue weighted by molar-refractivity contribution is 7.15. The molecule has 3 aromatic rings. The SMILES string of the molecule is Cc1ccc(-c2cc(C(=O)NC3CCNCC3)c3cnn(C(C)C)c3n2)s1.Cl.Cl. The average Bonchev–Trinajstić information content (AvgIpc) is 3.27. The molecule has 0 aromatic carbocycles. The molecular formula is C20H27Cl2N5OS. The Labute approximate surface area is 187 Å². The van der Waals surface area contributed by atoms with Crippen LogP contribution in [0.5, 0.6) is 0 Å². The minimum atomic E-state index is -0.0351. The fraction of sp³-hybridized carbons (Fsp3) is 0.450. The highest BCUT2D eigenvalue weighted by atomic mass is 35.5. The first kappa shape index (κ1) is 23.6. The average molecular weight is 456 g/mol. The maximum atomic E-state index is 13.1. The number of fused-ring (bicyclic) bond motifs is 1. The number of aryl methyl sites for hydroxylation is 1. The normalized spacial score (nSPS) is 14.5. The molecule has 1 saturated heterocycles. The molecule has 0 bridgehead atoms. The Bertz CT molecular complexity index is 979. The molecule has 0 radical (unpaired) electrons. The number of rotatable bonds is 4. The first-order chi connectivity index (χ1) is 13.0. The molecule has 0 saturated carbocycles. The third kappa shape index (κ3) is 4.91. The van der Waals surface area contributed by atoms with Crippen molar-refractivity contribution < 1.29 is 4.79 Å². The largest absolute Gasteiger partial charge is 0.349 e. The van der Waals surface area contributed by atoms with Gasteiger partial charge in [0.25, 0.3) is 5.91 Å². The summed E-state index contributed by atoms with van der Waals surface area (Å²) in [5, 5.41) is 11.8. The predicted molar refractivity (Wildman–Crippen MR) is 124 cm³/mol. The molecule has 29 heavy (non-hydrogen) atoms. The second-order valence-electron chi connectivity index (χ2n) is 7.38. The maximum absolute atomic E-state index is 13.1. The lowest BCUT2D eigenvalue weighted by molar-refractivity contribution is 0.0931. The highest BCUT2D eigenvalue weighted by Gasteiger charge is 2.22. The molecule has 0 aliphatic carbocycles. The first-order valence-corrected chi connectivity index (χ1v) is 10.3. The van der Waals surface area contributed by atoms with Crippen LogP contribution in [-0.2, 0) is 0 Å². The summed E-state index contributed by atoms with van der Waals surface area (Å²) >= 11 is 1.69. The van der Waals surface area contributed by atoms with Gasteiger partial charge in [-0.05, 0) is 64.9 Å². The molecule has 4 rings (SSSR count). The van der Waals surface area contributed by atoms with E-state index in [1.54, 1.807) is 17.5 Å². The van der Waals surface area contributed by atoms with Crippen LogP contribution in [0.2, 0.25) is 0 Å². The monoisotopic (exact) mass is 455 g/mol. The highest BCUT2D eigenvalue weighted by Crippen LogP contribution is 2.30. The van der Waals surface area contributed by atoms with Crippen molar-refractivity contribution in [1.29, 1.82) is 0 Å². The van der Waals surface area contributed by atoms with Crippen LogP contribution in [0.15, 0.2) is 24.4 Å². The fourth-order valence-corrected chi connectivity index (χ4v) is 4.34. The molecule has 1 amide bonds. The number of amides is 1. The predicted octanol–water partition coefficient (Wildman–Crippen LogP) is 4.37. The molecule has 3 aromatic heterocycles. The van der Waals surface area contributed by atoms with Crippen LogP contribution in [0.3, 0.4) is 0 Å². The van der Waals surface area contributed by atoms with Gasteiger partial charge < -0.3 is 10.6 Å². The molecule has 1 fully saturated rings. The minimum absolute atomic E-state index is 0. The van der Waals surface area contributed by atoms with Gasteiger partial charge >= 0.3 is 0 Å². The van der Waals surface area contributed by atoms with Gasteiger partial charge in [0.2, 0.25) is 0 Å². The standard InChI is InChI=1S/C20H25N5OS.2ClH/c1-12(2)25-19-16(11-22-25)15(20(26)23-14-6-8-21-9-7-14)10-17(24-19)18-5-4-13(3)27-18;;/h4-5,10-12,14,21H,6-9H2,1-3H3,(H,23,26);2*1H. The fourth-order valence-electron chi connectivity index (χ4n) is 3.51. The molecule has 0 spiro atoms. The Kier molecular flexibility index (Phi) is 8.05. The van der Waals surface area contributed by atoms with Gasteiger partial charge in [-0.3, -0.25) is 4.79 Å². The van der Waals surface area contributed by atoms with Gasteiger partial charge in [0.1, 0.15) is 0 Å². The first-order valence-electron chi connectivity index (χ1n) is 9.49. The molecule has 6 nitrogen and oxygen atoms in total. The van der Waals surface area contributed by atoms with Crippen molar-refractivity contribution in [2.45, 2.75) is 45.7 Å². The summed E-state index contributed by atoms with van der Waals surface area (Å²) in [6.45, 7) is 8.12. The number of carbonyl (C=O) groups is 1. The quantitative estimate of drug-likeness (QED) is 0.612. The number of nitrogens with one attached hydrogen (secondary N) is 2. The van der Waals surface area contributed by atoms with Gasteiger partial charge in [-0.15, -0.1) is 36.2 Å². The van der Waals surface area contributed by atoms with E-state index in [1.807, 2.05) is 10.7 Å². The number of nitrogens with zero attached hydrogens (tertiary/aromatic N) is 3. The van der Waals surface area contributed by atoms with Gasteiger partial charge in [0, 0.05) is 17.0 Å². The molecule has 1 aliphatic heterocycles. The van der Waals surface area contributed by atoms with Crippen molar-refractivity contribution in [3.63, 3.8) is 0 Å². The summed E-state index contributed by atoms with van der Waals surface area (Å²) in [4.78, 5) is 20.3. The van der Waals surface area contributed by atoms with E-state index in [4.69, 9.17) is 4.98 Å². The lowest BCUT2D eigenvalue weighted by atomic mass is 10.0. The number of halogens is 2. The molecule has 0 atom stereocenters. The van der Waals surface area contributed by atoms with Crippen molar-refractivity contribution in [3.05, 3.63) is 34.8 Å². The second kappa shape index (κ2) is 9.89. The van der Waals surface area contributed by atoms with E-state index in [9.17, 15) is 4.79 Å². The Morgan fingerprint density at radius 1 is 1.28 bits per heavy atom. The molecule has 1 aliphatic rings. The molecule has 0 unspecified atom stereocenters. The zero-order valence-electron chi connectivity index (χ0n) is 16.8. The molecule has 4 heterocycles. The van der Waals surface area contributed by atoms with Gasteiger partial charge in [-0.1, -0.05) is 0 Å². The summed E-state index contributed by atoms with van der Waals surface area (Å²) in [5.74, 6) is -0.0351. The number of pyridine rings is 1. The van der Waals surface area contributed by atoms with Crippen LogP contribution in [0.1, 0.15) is 48.0 Å². The van der Waals surface area contributed by atoms with Gasteiger partial charge in [-0.2, -0.15) is 5.10 Å². The lowest BCUT2D eigenvalue weighted by Crippen LogP contribution is -2.42. The Morgan fingerprint density at radius 2 is 2.00 bits per heavy atom. The zero-order valence-corrected chi connectivity index (χ0v) is 19.2. The van der Waals surface area contributed by atoms with Crippen LogP contribution in [0.25, 0.3) is 21.6 Å². The van der Waals surface area contributed by atoms with Gasteiger partial charge in [0.05, 0.1) is 27.7 Å². The van der Waals surface area contributed by atoms with Gasteiger partial charge in [-0.25, -0.2) is 9.67 Å². The molecule has 2 N–H and O–H groups in total. The lowest BCUT2D eigenvalue weighted by Gasteiger charge is -2.23. The molecular weight excluding hydrogens is 429 g/mol. The van der Waals surface area contributed by atoms with Crippen LogP contribution in [0.4, 0.5) is 0 Å². The van der Waals surface area contributed by atoms with Crippen LogP contribution < -0.4 is 10.6 Å². The van der Waals surface area contributed by atoms with Crippen LogP contribution >= 0.6 is 36.2 Å². The number of hydrogen-bond acceptors (Lipinski definition) is 5. The number of thiophene rings is 1. The summed E-state index contributed by atoms with van der Waals surface area (Å²) in [6, 6.07) is 6.46. The van der Waals surface area contributed by atoms with Crippen molar-refractivity contribution >= 4 is 53.1 Å². The number of piperidine rings is 1. The van der Waals surface area contributed by atoms with Crippen molar-refractivity contribution in [1.82, 2.24) is 25.4 Å². The Hall–Kier alpha value is -1.67. The van der Waals surface area contributed by atoms with E-state index >= 15 is 0 Å². The maximum Gasteiger partial charge on any atom is 0.252 e. The van der Waals surface area contributed by atoms with Crippen LogP contribution in [0, 0.1) is 6.92 Å². The molecule has 9 heteroatoms. The van der Waals surface area contributed by atoms with E-state index in [0.717, 1.165) is 47.5 Å². The van der Waals surface area contributed by atoms with E-state index in [1.165, 1.54) is 4.88 Å². The van der Waals surface area contributed by atoms with E-state index in [-0.39, 0.29) is 42.8 Å². The van der Waals surface area contributed by atoms with Crippen molar-refractivity contribution in [2.75, 3.05) is 13.1 Å². The summed E-state index contributed by atoms with van der Waals surface area (Å²) in [6.07, 6.45) is 3.69. The second-order valence-corrected chi connectivity index (χ2v) is 8.67. The van der Waals surface area contributed by atoms with Crippen LogP contribution in [-0.4, -0.2) is 39.8 Å². The number of hydrogen-bond donors (Lipinski definition) is 2. The van der Waals surface area contributed by atoms with E-state index in [2.05, 4.69) is 48.6 Å². The smallest absolute Gasteiger partial charge is 0.252 e. The van der Waals surface area contributed by atoms with E-state index < -0.39 is 0 Å². The van der Waals surface area contributed by atoms with E-state index in [0.29, 0.717) is 5.56 Å². The summed E-state index contributed by atoms with van der Waals surface area (Å²) in [7, 11) is 0. The third-order valence-electron chi connectivity index (χ3n) is 4.97. The minimum Gasteiger partial charge on any atom is -0.349 e. The Morgan fingerprint density at radius 3 is 2.62 bits per heavy atom. The summed E-state index contributed by atoms with van der Waals surface area (Å²) in [5.41, 5.74) is 2.26. The zero-order chi connectivity index (χ0) is 19.0. The molecule has 158 valence electrons. The van der Waals surface area contributed by atoms with Crippen molar-refractivity contribution in [2.24, 2.45) is 0 Å². The third-order valence-corrected chi connectivity index (χ3v) is 5.99.